The van der Waals surface area contributed by atoms with Crippen LogP contribution in [0.25, 0.3) is 0 Å². The Labute approximate surface area is 116 Å². The molecule has 3 rings (SSSR count). The Morgan fingerprint density at radius 2 is 1.85 bits per heavy atom. The van der Waals surface area contributed by atoms with Gasteiger partial charge in [-0.2, -0.15) is 0 Å². The van der Waals surface area contributed by atoms with E-state index in [0.717, 1.165) is 18.4 Å². The molecule has 1 amide bonds. The molecule has 1 saturated carbocycles. The van der Waals surface area contributed by atoms with Crippen molar-refractivity contribution in [2.75, 3.05) is 5.73 Å². The normalized spacial score (nSPS) is 15.7. The number of amides is 1. The summed E-state index contributed by atoms with van der Waals surface area (Å²) in [6, 6.07) is 13.2. The minimum atomic E-state index is -0.416. The lowest BCUT2D eigenvalue weighted by Crippen LogP contribution is -2.34. The third kappa shape index (κ3) is 2.37. The van der Waals surface area contributed by atoms with Crippen LogP contribution < -0.4 is 11.1 Å². The van der Waals surface area contributed by atoms with Crippen molar-refractivity contribution in [1.29, 1.82) is 0 Å². The van der Waals surface area contributed by atoms with Gasteiger partial charge in [-0.25, -0.2) is 4.39 Å². The summed E-state index contributed by atoms with van der Waals surface area (Å²) in [6.45, 7) is 0. The molecule has 3 nitrogen and oxygen atoms in total. The van der Waals surface area contributed by atoms with Crippen LogP contribution in [0.15, 0.2) is 48.5 Å². The van der Waals surface area contributed by atoms with E-state index >= 15 is 0 Å². The van der Waals surface area contributed by atoms with Crippen LogP contribution in [0.3, 0.4) is 0 Å². The molecule has 0 unspecified atom stereocenters. The average Bonchev–Trinajstić information content (AvgIpc) is 3.20. The summed E-state index contributed by atoms with van der Waals surface area (Å²) in [5.41, 5.74) is 7.18. The monoisotopic (exact) mass is 270 g/mol. The highest BCUT2D eigenvalue weighted by Gasteiger charge is 2.45. The second kappa shape index (κ2) is 4.63. The first-order chi connectivity index (χ1) is 9.59. The molecule has 4 heteroatoms. The molecule has 0 heterocycles. The summed E-state index contributed by atoms with van der Waals surface area (Å²) < 4.78 is 13.3. The molecule has 0 radical (unpaired) electrons. The van der Waals surface area contributed by atoms with Gasteiger partial charge in [0.25, 0.3) is 5.91 Å². The van der Waals surface area contributed by atoms with Gasteiger partial charge < -0.3 is 11.1 Å². The fraction of sp³-hybridized carbons (Fsp3) is 0.188. The highest BCUT2D eigenvalue weighted by Crippen LogP contribution is 2.45. The largest absolute Gasteiger partial charge is 0.399 e. The lowest BCUT2D eigenvalue weighted by molar-refractivity contribution is 0.0930. The van der Waals surface area contributed by atoms with Crippen LogP contribution in [0.4, 0.5) is 10.1 Å². The van der Waals surface area contributed by atoms with Crippen molar-refractivity contribution in [3.8, 4) is 0 Å². The van der Waals surface area contributed by atoms with Crippen LogP contribution in [-0.2, 0) is 5.54 Å². The van der Waals surface area contributed by atoms with Crippen LogP contribution in [0, 0.1) is 5.82 Å². The lowest BCUT2D eigenvalue weighted by Gasteiger charge is -2.18. The van der Waals surface area contributed by atoms with E-state index in [-0.39, 0.29) is 11.7 Å². The van der Waals surface area contributed by atoms with E-state index in [1.54, 1.807) is 30.3 Å². The van der Waals surface area contributed by atoms with Crippen LogP contribution in [0.1, 0.15) is 28.8 Å². The second-order valence-corrected chi connectivity index (χ2v) is 5.17. The number of hydrogen-bond acceptors (Lipinski definition) is 2. The molecule has 0 aromatic heterocycles. The highest BCUT2D eigenvalue weighted by molar-refractivity contribution is 5.95. The zero-order valence-electron chi connectivity index (χ0n) is 10.9. The van der Waals surface area contributed by atoms with Gasteiger partial charge in [0.2, 0.25) is 0 Å². The van der Waals surface area contributed by atoms with Crippen LogP contribution in [0.5, 0.6) is 0 Å². The number of carbonyl (C=O) groups excluding carboxylic acids is 1. The zero-order valence-corrected chi connectivity index (χ0v) is 10.9. The van der Waals surface area contributed by atoms with E-state index in [9.17, 15) is 9.18 Å². The summed E-state index contributed by atoms with van der Waals surface area (Å²) in [4.78, 5) is 12.2. The standard InChI is InChI=1S/C16H15FN2O/c17-13-3-1-2-12(10-13)16(8-9-16)19-15(20)11-4-6-14(18)7-5-11/h1-7,10H,8-9,18H2,(H,19,20). The highest BCUT2D eigenvalue weighted by atomic mass is 19.1. The molecule has 1 aliphatic carbocycles. The molecule has 2 aromatic rings. The maximum Gasteiger partial charge on any atom is 0.251 e. The van der Waals surface area contributed by atoms with Crippen molar-refractivity contribution < 1.29 is 9.18 Å². The fourth-order valence-electron chi connectivity index (χ4n) is 2.32. The van der Waals surface area contributed by atoms with Crippen molar-refractivity contribution in [2.45, 2.75) is 18.4 Å². The molecule has 1 fully saturated rings. The molecule has 0 atom stereocenters. The Kier molecular flexibility index (Phi) is 2.93. The predicted molar refractivity (Wildman–Crippen MR) is 75.6 cm³/mol. The second-order valence-electron chi connectivity index (χ2n) is 5.17. The van der Waals surface area contributed by atoms with Gasteiger partial charge in [-0.05, 0) is 54.8 Å². The summed E-state index contributed by atoms with van der Waals surface area (Å²) in [6.07, 6.45) is 1.66. The Bertz CT molecular complexity index is 648. The first-order valence-corrected chi connectivity index (χ1v) is 6.53. The zero-order chi connectivity index (χ0) is 14.2. The van der Waals surface area contributed by atoms with Crippen molar-refractivity contribution in [3.05, 3.63) is 65.5 Å². The first kappa shape index (κ1) is 12.7. The van der Waals surface area contributed by atoms with E-state index < -0.39 is 5.54 Å². The van der Waals surface area contributed by atoms with E-state index in [0.29, 0.717) is 11.3 Å². The van der Waals surface area contributed by atoms with E-state index in [4.69, 9.17) is 5.73 Å². The molecule has 20 heavy (non-hydrogen) atoms. The fourth-order valence-corrected chi connectivity index (χ4v) is 2.32. The van der Waals surface area contributed by atoms with Gasteiger partial charge in [0, 0.05) is 11.3 Å². The lowest BCUT2D eigenvalue weighted by atomic mass is 10.0. The Balaban J connectivity index is 1.80. The maximum atomic E-state index is 13.3. The third-order valence-electron chi connectivity index (χ3n) is 3.65. The molecule has 1 aliphatic rings. The summed E-state index contributed by atoms with van der Waals surface area (Å²) in [5.74, 6) is -0.442. The molecule has 0 spiro atoms. The number of anilines is 1. The van der Waals surface area contributed by atoms with E-state index in [1.165, 1.54) is 12.1 Å². The topological polar surface area (TPSA) is 55.1 Å². The average molecular weight is 270 g/mol. The molecular formula is C16H15FN2O. The van der Waals surface area contributed by atoms with Crippen molar-refractivity contribution in [3.63, 3.8) is 0 Å². The number of nitrogens with two attached hydrogens (primary N) is 1. The molecule has 2 aromatic carbocycles. The Hall–Kier alpha value is -2.36. The van der Waals surface area contributed by atoms with Gasteiger partial charge in [0.15, 0.2) is 0 Å². The van der Waals surface area contributed by atoms with Crippen LogP contribution >= 0.6 is 0 Å². The number of hydrogen-bond donors (Lipinski definition) is 2. The van der Waals surface area contributed by atoms with Gasteiger partial charge in [0.1, 0.15) is 5.82 Å². The van der Waals surface area contributed by atoms with Gasteiger partial charge in [-0.1, -0.05) is 12.1 Å². The Morgan fingerprint density at radius 1 is 1.15 bits per heavy atom. The Morgan fingerprint density at radius 3 is 2.45 bits per heavy atom. The van der Waals surface area contributed by atoms with E-state index in [2.05, 4.69) is 5.32 Å². The van der Waals surface area contributed by atoms with Gasteiger partial charge in [0.05, 0.1) is 5.54 Å². The summed E-state index contributed by atoms with van der Waals surface area (Å²) >= 11 is 0. The number of benzene rings is 2. The number of carbonyl (C=O) groups is 1. The van der Waals surface area contributed by atoms with Crippen molar-refractivity contribution in [2.24, 2.45) is 0 Å². The van der Waals surface area contributed by atoms with Crippen molar-refractivity contribution in [1.82, 2.24) is 5.32 Å². The van der Waals surface area contributed by atoms with E-state index in [1.807, 2.05) is 6.07 Å². The SMILES string of the molecule is Nc1ccc(C(=O)NC2(c3cccc(F)c3)CC2)cc1. The quantitative estimate of drug-likeness (QED) is 0.843. The molecule has 0 aliphatic heterocycles. The van der Waals surface area contributed by atoms with Gasteiger partial charge in [-0.15, -0.1) is 0 Å². The number of halogens is 1. The molecule has 0 saturated heterocycles. The number of rotatable bonds is 3. The molecular weight excluding hydrogens is 255 g/mol. The van der Waals surface area contributed by atoms with Gasteiger partial charge in [-0.3, -0.25) is 4.79 Å². The minimum absolute atomic E-state index is 0.160. The number of nitrogens with one attached hydrogen (secondary N) is 1. The van der Waals surface area contributed by atoms with Gasteiger partial charge >= 0.3 is 0 Å². The first-order valence-electron chi connectivity index (χ1n) is 6.53. The summed E-state index contributed by atoms with van der Waals surface area (Å²) in [5, 5.41) is 3.00. The maximum absolute atomic E-state index is 13.3. The third-order valence-corrected chi connectivity index (χ3v) is 3.65. The molecule has 102 valence electrons. The predicted octanol–water partition coefficient (Wildman–Crippen LogP) is 2.83. The van der Waals surface area contributed by atoms with Crippen LogP contribution in [-0.4, -0.2) is 5.91 Å². The number of nitrogen functional groups attached to an aromatic ring is 1. The van der Waals surface area contributed by atoms with Crippen LogP contribution in [0.2, 0.25) is 0 Å². The molecule has 0 bridgehead atoms. The molecule has 3 N–H and O–H groups in total. The summed E-state index contributed by atoms with van der Waals surface area (Å²) in [7, 11) is 0. The van der Waals surface area contributed by atoms with Crippen molar-refractivity contribution >= 4 is 11.6 Å². The minimum Gasteiger partial charge on any atom is -0.399 e. The smallest absolute Gasteiger partial charge is 0.251 e.